The van der Waals surface area contributed by atoms with Crippen molar-refractivity contribution in [1.29, 1.82) is 0 Å². The zero-order valence-electron chi connectivity index (χ0n) is 8.91. The molecule has 0 aromatic heterocycles. The standard InChI is InChI=1S/C14H11ClO/c1-10(16)13-7-2-3-8-14(13)11-5-4-6-12(15)9-11/h2-9H,1H3. The van der Waals surface area contributed by atoms with Crippen LogP contribution in [0.1, 0.15) is 17.3 Å². The first-order chi connectivity index (χ1) is 7.68. The van der Waals surface area contributed by atoms with Gasteiger partial charge in [0.15, 0.2) is 5.78 Å². The summed E-state index contributed by atoms with van der Waals surface area (Å²) in [5.41, 5.74) is 2.63. The second kappa shape index (κ2) is 4.50. The number of hydrogen-bond donors (Lipinski definition) is 0. The minimum atomic E-state index is 0.0653. The molecule has 0 radical (unpaired) electrons. The molecule has 80 valence electrons. The second-order valence-corrected chi connectivity index (χ2v) is 4.05. The van der Waals surface area contributed by atoms with E-state index >= 15 is 0 Å². The van der Waals surface area contributed by atoms with Crippen LogP contribution in [0.25, 0.3) is 11.1 Å². The van der Waals surface area contributed by atoms with Gasteiger partial charge in [-0.25, -0.2) is 0 Å². The molecular weight excluding hydrogens is 220 g/mol. The molecule has 0 aliphatic rings. The Labute approximate surface area is 99.7 Å². The Morgan fingerprint density at radius 1 is 1.06 bits per heavy atom. The maximum atomic E-state index is 11.5. The summed E-state index contributed by atoms with van der Waals surface area (Å²) in [7, 11) is 0. The second-order valence-electron chi connectivity index (χ2n) is 3.61. The molecule has 0 heterocycles. The molecule has 2 rings (SSSR count). The van der Waals surface area contributed by atoms with Crippen LogP contribution in [-0.2, 0) is 0 Å². The van der Waals surface area contributed by atoms with Crippen molar-refractivity contribution in [2.75, 3.05) is 0 Å². The molecule has 0 saturated carbocycles. The molecule has 1 nitrogen and oxygen atoms in total. The summed E-state index contributed by atoms with van der Waals surface area (Å²) in [4.78, 5) is 11.5. The quantitative estimate of drug-likeness (QED) is 0.707. The Morgan fingerprint density at radius 3 is 2.50 bits per heavy atom. The monoisotopic (exact) mass is 230 g/mol. The third kappa shape index (κ3) is 2.15. The van der Waals surface area contributed by atoms with E-state index in [0.29, 0.717) is 5.02 Å². The summed E-state index contributed by atoms with van der Waals surface area (Å²) in [6, 6.07) is 15.1. The van der Waals surface area contributed by atoms with Gasteiger partial charge in [0.25, 0.3) is 0 Å². The SMILES string of the molecule is CC(=O)c1ccccc1-c1cccc(Cl)c1. The predicted octanol–water partition coefficient (Wildman–Crippen LogP) is 4.21. The zero-order valence-corrected chi connectivity index (χ0v) is 9.66. The molecule has 2 heteroatoms. The molecule has 0 bridgehead atoms. The third-order valence-corrected chi connectivity index (χ3v) is 2.68. The molecule has 2 aromatic rings. The van der Waals surface area contributed by atoms with Crippen molar-refractivity contribution in [3.63, 3.8) is 0 Å². The summed E-state index contributed by atoms with van der Waals surface area (Å²) >= 11 is 5.94. The maximum absolute atomic E-state index is 11.5. The predicted molar refractivity (Wildman–Crippen MR) is 66.9 cm³/mol. The van der Waals surface area contributed by atoms with Crippen molar-refractivity contribution < 1.29 is 4.79 Å². The molecule has 2 aromatic carbocycles. The lowest BCUT2D eigenvalue weighted by molar-refractivity contribution is 0.101. The molecule has 0 aliphatic carbocycles. The number of hydrogen-bond acceptors (Lipinski definition) is 1. The Bertz CT molecular complexity index is 532. The Balaban J connectivity index is 2.60. The number of halogens is 1. The van der Waals surface area contributed by atoms with E-state index in [1.165, 1.54) is 0 Å². The highest BCUT2D eigenvalue weighted by Crippen LogP contribution is 2.26. The molecule has 0 saturated heterocycles. The topological polar surface area (TPSA) is 17.1 Å². The van der Waals surface area contributed by atoms with Crippen molar-refractivity contribution in [1.82, 2.24) is 0 Å². The molecule has 0 unspecified atom stereocenters. The van der Waals surface area contributed by atoms with Crippen LogP contribution in [0.2, 0.25) is 5.02 Å². The number of rotatable bonds is 2. The van der Waals surface area contributed by atoms with Gasteiger partial charge in [-0.3, -0.25) is 4.79 Å². The Morgan fingerprint density at radius 2 is 1.81 bits per heavy atom. The highest BCUT2D eigenvalue weighted by atomic mass is 35.5. The molecule has 0 spiro atoms. The van der Waals surface area contributed by atoms with Crippen LogP contribution in [0.3, 0.4) is 0 Å². The summed E-state index contributed by atoms with van der Waals surface area (Å²) < 4.78 is 0. The fraction of sp³-hybridized carbons (Fsp3) is 0.0714. The van der Waals surface area contributed by atoms with Crippen LogP contribution in [0.15, 0.2) is 48.5 Å². The smallest absolute Gasteiger partial charge is 0.160 e. The third-order valence-electron chi connectivity index (χ3n) is 2.44. The molecule has 0 aliphatic heterocycles. The van der Waals surface area contributed by atoms with Gasteiger partial charge in [0, 0.05) is 10.6 Å². The van der Waals surface area contributed by atoms with Gasteiger partial charge < -0.3 is 0 Å². The van der Waals surface area contributed by atoms with Crippen LogP contribution >= 0.6 is 11.6 Å². The van der Waals surface area contributed by atoms with Gasteiger partial charge in [-0.2, -0.15) is 0 Å². The highest BCUT2D eigenvalue weighted by Gasteiger charge is 2.07. The molecule has 0 amide bonds. The average molecular weight is 231 g/mol. The first-order valence-electron chi connectivity index (χ1n) is 5.04. The van der Waals surface area contributed by atoms with Crippen molar-refractivity contribution >= 4 is 17.4 Å². The highest BCUT2D eigenvalue weighted by molar-refractivity contribution is 6.30. The lowest BCUT2D eigenvalue weighted by Crippen LogP contribution is -1.95. The molecule has 0 atom stereocenters. The van der Waals surface area contributed by atoms with E-state index in [4.69, 9.17) is 11.6 Å². The van der Waals surface area contributed by atoms with E-state index < -0.39 is 0 Å². The van der Waals surface area contributed by atoms with Crippen LogP contribution in [-0.4, -0.2) is 5.78 Å². The van der Waals surface area contributed by atoms with Crippen LogP contribution in [0.5, 0.6) is 0 Å². The normalized spacial score (nSPS) is 10.1. The Kier molecular flexibility index (Phi) is 3.07. The van der Waals surface area contributed by atoms with E-state index in [2.05, 4.69) is 0 Å². The van der Waals surface area contributed by atoms with Crippen LogP contribution < -0.4 is 0 Å². The first-order valence-corrected chi connectivity index (χ1v) is 5.42. The van der Waals surface area contributed by atoms with Gasteiger partial charge in [-0.15, -0.1) is 0 Å². The summed E-state index contributed by atoms with van der Waals surface area (Å²) in [6.07, 6.45) is 0. The number of Topliss-reactive ketones (excluding diaryl/α,β-unsaturated/α-hetero) is 1. The average Bonchev–Trinajstić information content (AvgIpc) is 2.29. The van der Waals surface area contributed by atoms with E-state index in [1.54, 1.807) is 6.92 Å². The van der Waals surface area contributed by atoms with E-state index in [-0.39, 0.29) is 5.78 Å². The van der Waals surface area contributed by atoms with Crippen LogP contribution in [0, 0.1) is 0 Å². The van der Waals surface area contributed by atoms with Crippen molar-refractivity contribution in [2.45, 2.75) is 6.92 Å². The number of carbonyl (C=O) groups is 1. The molecule has 0 fully saturated rings. The maximum Gasteiger partial charge on any atom is 0.160 e. The van der Waals surface area contributed by atoms with E-state index in [0.717, 1.165) is 16.7 Å². The first kappa shape index (κ1) is 10.9. The Hall–Kier alpha value is -1.60. The minimum Gasteiger partial charge on any atom is -0.294 e. The van der Waals surface area contributed by atoms with Gasteiger partial charge in [0.2, 0.25) is 0 Å². The largest absolute Gasteiger partial charge is 0.294 e. The van der Waals surface area contributed by atoms with Crippen LogP contribution in [0.4, 0.5) is 0 Å². The van der Waals surface area contributed by atoms with E-state index in [9.17, 15) is 4.79 Å². The lowest BCUT2D eigenvalue weighted by Gasteiger charge is -2.06. The van der Waals surface area contributed by atoms with Gasteiger partial charge in [0.05, 0.1) is 0 Å². The van der Waals surface area contributed by atoms with Crippen molar-refractivity contribution in [3.8, 4) is 11.1 Å². The zero-order chi connectivity index (χ0) is 11.5. The summed E-state index contributed by atoms with van der Waals surface area (Å²) in [5.74, 6) is 0.0653. The lowest BCUT2D eigenvalue weighted by atomic mass is 9.98. The fourth-order valence-electron chi connectivity index (χ4n) is 1.70. The van der Waals surface area contributed by atoms with Crippen molar-refractivity contribution in [2.24, 2.45) is 0 Å². The molecule has 0 N–H and O–H groups in total. The van der Waals surface area contributed by atoms with Gasteiger partial charge >= 0.3 is 0 Å². The van der Waals surface area contributed by atoms with E-state index in [1.807, 2.05) is 48.5 Å². The molecular formula is C14H11ClO. The number of benzene rings is 2. The number of carbonyl (C=O) groups excluding carboxylic acids is 1. The fourth-order valence-corrected chi connectivity index (χ4v) is 1.89. The summed E-state index contributed by atoms with van der Waals surface area (Å²) in [6.45, 7) is 1.57. The summed E-state index contributed by atoms with van der Waals surface area (Å²) in [5, 5.41) is 0.677. The van der Waals surface area contributed by atoms with Crippen molar-refractivity contribution in [3.05, 3.63) is 59.1 Å². The minimum absolute atomic E-state index is 0.0653. The number of ketones is 1. The van der Waals surface area contributed by atoms with Gasteiger partial charge in [0.1, 0.15) is 0 Å². The molecule has 16 heavy (non-hydrogen) atoms. The van der Waals surface area contributed by atoms with Gasteiger partial charge in [-0.1, -0.05) is 48.0 Å². The van der Waals surface area contributed by atoms with Gasteiger partial charge in [-0.05, 0) is 30.2 Å².